The number of rotatable bonds is 5. The number of hydrogen-bond donors (Lipinski definition) is 2. The van der Waals surface area contributed by atoms with Crippen molar-refractivity contribution >= 4 is 5.91 Å². The van der Waals surface area contributed by atoms with Gasteiger partial charge in [0.05, 0.1) is 0 Å². The van der Waals surface area contributed by atoms with E-state index in [1.165, 1.54) is 5.56 Å². The van der Waals surface area contributed by atoms with Gasteiger partial charge in [-0.3, -0.25) is 4.79 Å². The zero-order valence-electron chi connectivity index (χ0n) is 10.6. The molecule has 0 spiro atoms. The van der Waals surface area contributed by atoms with Crippen molar-refractivity contribution in [1.29, 1.82) is 0 Å². The molecule has 2 N–H and O–H groups in total. The van der Waals surface area contributed by atoms with E-state index in [0.717, 1.165) is 17.7 Å². The Balaban J connectivity index is 1.75. The van der Waals surface area contributed by atoms with Crippen LogP contribution in [0, 0.1) is 6.92 Å². The predicted molar refractivity (Wildman–Crippen MR) is 72.1 cm³/mol. The van der Waals surface area contributed by atoms with Crippen molar-refractivity contribution in [1.82, 2.24) is 10.3 Å². The van der Waals surface area contributed by atoms with Crippen LogP contribution < -0.4 is 5.32 Å². The molecule has 18 heavy (non-hydrogen) atoms. The van der Waals surface area contributed by atoms with Crippen molar-refractivity contribution in [3.05, 3.63) is 59.4 Å². The van der Waals surface area contributed by atoms with Gasteiger partial charge in [-0.05, 0) is 31.0 Å². The number of aromatic nitrogens is 1. The first-order chi connectivity index (χ1) is 8.74. The zero-order chi connectivity index (χ0) is 12.8. The van der Waals surface area contributed by atoms with Gasteiger partial charge in [-0.15, -0.1) is 0 Å². The summed E-state index contributed by atoms with van der Waals surface area (Å²) in [5.41, 5.74) is 3.46. The fraction of sp³-hybridized carbons (Fsp3) is 0.267. The van der Waals surface area contributed by atoms with Crippen LogP contribution in [0.1, 0.15) is 23.2 Å². The highest BCUT2D eigenvalue weighted by Gasteiger charge is 2.02. The fourth-order valence-electron chi connectivity index (χ4n) is 1.88. The molecule has 2 rings (SSSR count). The molecule has 0 aliphatic heterocycles. The number of carbonyl (C=O) groups is 1. The van der Waals surface area contributed by atoms with Gasteiger partial charge in [0.2, 0.25) is 5.91 Å². The Morgan fingerprint density at radius 3 is 2.89 bits per heavy atom. The molecule has 0 aliphatic carbocycles. The summed E-state index contributed by atoms with van der Waals surface area (Å²) < 4.78 is 0. The van der Waals surface area contributed by atoms with Gasteiger partial charge >= 0.3 is 0 Å². The minimum Gasteiger partial charge on any atom is -0.365 e. The number of amides is 1. The van der Waals surface area contributed by atoms with E-state index in [4.69, 9.17) is 0 Å². The van der Waals surface area contributed by atoms with Crippen LogP contribution in [-0.4, -0.2) is 10.9 Å². The van der Waals surface area contributed by atoms with Crippen LogP contribution in [0.4, 0.5) is 0 Å². The lowest BCUT2D eigenvalue weighted by molar-refractivity contribution is -0.121. The standard InChI is InChI=1S/C15H18N2O/c1-12-4-2-5-13(10-12)11-17-15(18)8-7-14-6-3-9-16-14/h2-6,9-10,16H,7-8,11H2,1H3,(H,17,18). The number of aromatic amines is 1. The molecular weight excluding hydrogens is 224 g/mol. The first kappa shape index (κ1) is 12.4. The number of aryl methyl sites for hydroxylation is 2. The molecule has 1 aromatic carbocycles. The van der Waals surface area contributed by atoms with Crippen molar-refractivity contribution in [2.45, 2.75) is 26.3 Å². The molecule has 1 heterocycles. The van der Waals surface area contributed by atoms with Gasteiger partial charge in [0.15, 0.2) is 0 Å². The van der Waals surface area contributed by atoms with Crippen molar-refractivity contribution < 1.29 is 4.79 Å². The average Bonchev–Trinajstić information content (AvgIpc) is 2.87. The Labute approximate surface area is 107 Å². The van der Waals surface area contributed by atoms with Crippen molar-refractivity contribution in [3.8, 4) is 0 Å². The maximum absolute atomic E-state index is 11.7. The van der Waals surface area contributed by atoms with Crippen LogP contribution in [0.3, 0.4) is 0 Å². The van der Waals surface area contributed by atoms with Gasteiger partial charge in [0.25, 0.3) is 0 Å². The van der Waals surface area contributed by atoms with Gasteiger partial charge in [-0.1, -0.05) is 29.8 Å². The molecule has 1 aromatic heterocycles. The molecule has 94 valence electrons. The summed E-state index contributed by atoms with van der Waals surface area (Å²) in [7, 11) is 0. The number of benzene rings is 1. The lowest BCUT2D eigenvalue weighted by atomic mass is 10.1. The third-order valence-corrected chi connectivity index (χ3v) is 2.86. The van der Waals surface area contributed by atoms with Gasteiger partial charge in [0, 0.05) is 24.9 Å². The topological polar surface area (TPSA) is 44.9 Å². The number of carbonyl (C=O) groups excluding carboxylic acids is 1. The molecule has 0 bridgehead atoms. The Bertz CT molecular complexity index is 503. The Morgan fingerprint density at radius 2 is 2.17 bits per heavy atom. The molecule has 0 aliphatic rings. The Hall–Kier alpha value is -2.03. The van der Waals surface area contributed by atoms with Gasteiger partial charge in [-0.2, -0.15) is 0 Å². The smallest absolute Gasteiger partial charge is 0.220 e. The Morgan fingerprint density at radius 1 is 1.28 bits per heavy atom. The van der Waals surface area contributed by atoms with E-state index in [0.29, 0.717) is 13.0 Å². The summed E-state index contributed by atoms with van der Waals surface area (Å²) in [4.78, 5) is 14.8. The van der Waals surface area contributed by atoms with Crippen LogP contribution in [0.15, 0.2) is 42.6 Å². The number of H-pyrrole nitrogens is 1. The molecule has 0 unspecified atom stereocenters. The predicted octanol–water partition coefficient (Wildman–Crippen LogP) is 2.57. The molecule has 0 atom stereocenters. The third kappa shape index (κ3) is 3.77. The molecular formula is C15H18N2O. The van der Waals surface area contributed by atoms with E-state index in [2.05, 4.69) is 29.4 Å². The molecule has 2 aromatic rings. The van der Waals surface area contributed by atoms with Crippen LogP contribution in [0.2, 0.25) is 0 Å². The van der Waals surface area contributed by atoms with E-state index in [9.17, 15) is 4.79 Å². The minimum atomic E-state index is 0.0890. The average molecular weight is 242 g/mol. The normalized spacial score (nSPS) is 10.3. The van der Waals surface area contributed by atoms with Crippen LogP contribution >= 0.6 is 0 Å². The summed E-state index contributed by atoms with van der Waals surface area (Å²) in [5, 5.41) is 2.94. The second-order valence-corrected chi connectivity index (χ2v) is 4.46. The highest BCUT2D eigenvalue weighted by molar-refractivity contribution is 5.76. The molecule has 0 fully saturated rings. The van der Waals surface area contributed by atoms with Gasteiger partial charge < -0.3 is 10.3 Å². The first-order valence-corrected chi connectivity index (χ1v) is 6.18. The lowest BCUT2D eigenvalue weighted by Gasteiger charge is -2.05. The highest BCUT2D eigenvalue weighted by Crippen LogP contribution is 2.04. The van der Waals surface area contributed by atoms with Crippen molar-refractivity contribution in [3.63, 3.8) is 0 Å². The molecule has 1 amide bonds. The zero-order valence-corrected chi connectivity index (χ0v) is 10.6. The van der Waals surface area contributed by atoms with E-state index >= 15 is 0 Å². The van der Waals surface area contributed by atoms with E-state index in [1.54, 1.807) is 0 Å². The molecule has 3 heteroatoms. The third-order valence-electron chi connectivity index (χ3n) is 2.86. The quantitative estimate of drug-likeness (QED) is 0.831. The van der Waals surface area contributed by atoms with Crippen LogP contribution in [0.25, 0.3) is 0 Å². The minimum absolute atomic E-state index is 0.0890. The lowest BCUT2D eigenvalue weighted by Crippen LogP contribution is -2.23. The van der Waals surface area contributed by atoms with Crippen molar-refractivity contribution in [2.24, 2.45) is 0 Å². The van der Waals surface area contributed by atoms with Crippen LogP contribution in [-0.2, 0) is 17.8 Å². The van der Waals surface area contributed by atoms with Gasteiger partial charge in [0.1, 0.15) is 0 Å². The molecule has 0 radical (unpaired) electrons. The summed E-state index contributed by atoms with van der Waals surface area (Å²) in [5.74, 6) is 0.0890. The maximum atomic E-state index is 11.7. The molecule has 3 nitrogen and oxygen atoms in total. The molecule has 0 saturated heterocycles. The maximum Gasteiger partial charge on any atom is 0.220 e. The fourth-order valence-corrected chi connectivity index (χ4v) is 1.88. The summed E-state index contributed by atoms with van der Waals surface area (Å²) >= 11 is 0. The van der Waals surface area contributed by atoms with Crippen LogP contribution in [0.5, 0.6) is 0 Å². The highest BCUT2D eigenvalue weighted by atomic mass is 16.1. The molecule has 0 saturated carbocycles. The largest absolute Gasteiger partial charge is 0.365 e. The summed E-state index contributed by atoms with van der Waals surface area (Å²) in [6.07, 6.45) is 3.15. The van der Waals surface area contributed by atoms with Gasteiger partial charge in [-0.25, -0.2) is 0 Å². The van der Waals surface area contributed by atoms with Crippen molar-refractivity contribution in [2.75, 3.05) is 0 Å². The number of hydrogen-bond acceptors (Lipinski definition) is 1. The first-order valence-electron chi connectivity index (χ1n) is 6.18. The second-order valence-electron chi connectivity index (χ2n) is 4.46. The number of nitrogens with one attached hydrogen (secondary N) is 2. The Kier molecular flexibility index (Phi) is 4.18. The summed E-state index contributed by atoms with van der Waals surface area (Å²) in [6.45, 7) is 2.65. The second kappa shape index (κ2) is 6.05. The van der Waals surface area contributed by atoms with E-state index < -0.39 is 0 Å². The van der Waals surface area contributed by atoms with E-state index in [1.807, 2.05) is 30.5 Å². The van der Waals surface area contributed by atoms with E-state index in [-0.39, 0.29) is 5.91 Å². The monoisotopic (exact) mass is 242 g/mol. The summed E-state index contributed by atoms with van der Waals surface area (Å²) in [6, 6.07) is 12.1. The SMILES string of the molecule is Cc1cccc(CNC(=O)CCc2ccc[nH]2)c1.